The first-order chi connectivity index (χ1) is 8.79. The quantitative estimate of drug-likeness (QED) is 0.801. The fourth-order valence-corrected chi connectivity index (χ4v) is 2.30. The number of aryl methyl sites for hydroxylation is 1. The summed E-state index contributed by atoms with van der Waals surface area (Å²) in [5.41, 5.74) is 1.22. The number of hydrogen-bond donors (Lipinski definition) is 1. The zero-order valence-electron chi connectivity index (χ0n) is 11.4. The lowest BCUT2D eigenvalue weighted by Gasteiger charge is -2.35. The molecule has 0 amide bonds. The van der Waals surface area contributed by atoms with Crippen LogP contribution in [0, 0.1) is 6.92 Å². The minimum absolute atomic E-state index is 0.496. The Bertz CT molecular complexity index is 353. The molecule has 5 heteroatoms. The van der Waals surface area contributed by atoms with E-state index >= 15 is 0 Å². The molecule has 0 aromatic carbocycles. The van der Waals surface area contributed by atoms with Crippen molar-refractivity contribution in [3.05, 3.63) is 18.0 Å². The summed E-state index contributed by atoms with van der Waals surface area (Å²) in [5.74, 6) is 0. The molecular formula is C13H24N4O. The number of nitrogens with one attached hydrogen (secondary N) is 1. The maximum Gasteiger partial charge on any atom is 0.0634 e. The summed E-state index contributed by atoms with van der Waals surface area (Å²) in [6.07, 6.45) is 4.01. The summed E-state index contributed by atoms with van der Waals surface area (Å²) in [4.78, 5) is 2.50. The van der Waals surface area contributed by atoms with Crippen molar-refractivity contribution in [2.24, 2.45) is 0 Å². The molecule has 1 fully saturated rings. The fourth-order valence-electron chi connectivity index (χ4n) is 2.30. The number of aromatic nitrogens is 2. The fraction of sp³-hybridized carbons (Fsp3) is 0.769. The van der Waals surface area contributed by atoms with Gasteiger partial charge in [-0.3, -0.25) is 9.58 Å². The van der Waals surface area contributed by atoms with Gasteiger partial charge in [0, 0.05) is 31.9 Å². The van der Waals surface area contributed by atoms with E-state index in [-0.39, 0.29) is 0 Å². The SMILES string of the molecule is CCNCC1COCCN1CCn1cc(C)cn1. The van der Waals surface area contributed by atoms with Gasteiger partial charge in [0.2, 0.25) is 0 Å². The summed E-state index contributed by atoms with van der Waals surface area (Å²) in [5, 5.41) is 7.74. The van der Waals surface area contributed by atoms with E-state index < -0.39 is 0 Å². The molecule has 1 unspecified atom stereocenters. The van der Waals surface area contributed by atoms with Crippen molar-refractivity contribution in [2.45, 2.75) is 26.4 Å². The van der Waals surface area contributed by atoms with Gasteiger partial charge in [0.25, 0.3) is 0 Å². The van der Waals surface area contributed by atoms with Crippen molar-refractivity contribution >= 4 is 0 Å². The molecule has 1 aliphatic rings. The molecule has 102 valence electrons. The minimum atomic E-state index is 0.496. The van der Waals surface area contributed by atoms with Gasteiger partial charge in [-0.2, -0.15) is 5.10 Å². The average molecular weight is 252 g/mol. The van der Waals surface area contributed by atoms with Crippen molar-refractivity contribution < 1.29 is 4.74 Å². The molecule has 1 N–H and O–H groups in total. The van der Waals surface area contributed by atoms with Crippen LogP contribution < -0.4 is 5.32 Å². The third-order valence-corrected chi connectivity index (χ3v) is 3.36. The van der Waals surface area contributed by atoms with Gasteiger partial charge in [-0.1, -0.05) is 6.92 Å². The predicted octanol–water partition coefficient (Wildman–Crippen LogP) is 0.502. The molecule has 0 saturated carbocycles. The molecule has 1 aliphatic heterocycles. The first-order valence-electron chi connectivity index (χ1n) is 6.81. The van der Waals surface area contributed by atoms with Crippen LogP contribution in [0.25, 0.3) is 0 Å². The van der Waals surface area contributed by atoms with Crippen LogP contribution in [0.5, 0.6) is 0 Å². The molecule has 5 nitrogen and oxygen atoms in total. The van der Waals surface area contributed by atoms with Crippen LogP contribution >= 0.6 is 0 Å². The van der Waals surface area contributed by atoms with Gasteiger partial charge >= 0.3 is 0 Å². The Hall–Kier alpha value is -0.910. The van der Waals surface area contributed by atoms with Crippen LogP contribution in [0.15, 0.2) is 12.4 Å². The van der Waals surface area contributed by atoms with Crippen molar-refractivity contribution in [3.63, 3.8) is 0 Å². The number of ether oxygens (including phenoxy) is 1. The van der Waals surface area contributed by atoms with Crippen molar-refractivity contribution in [3.8, 4) is 0 Å². The molecule has 2 rings (SSSR count). The topological polar surface area (TPSA) is 42.3 Å². The molecule has 18 heavy (non-hydrogen) atoms. The Kier molecular flexibility index (Phi) is 5.16. The molecule has 0 aliphatic carbocycles. The molecule has 1 aromatic rings. The number of morpholine rings is 1. The standard InChI is InChI=1S/C13H24N4O/c1-3-14-9-13-11-18-7-6-16(13)4-5-17-10-12(2)8-15-17/h8,10,13-14H,3-7,9,11H2,1-2H3. The van der Waals surface area contributed by atoms with Gasteiger partial charge < -0.3 is 10.1 Å². The summed E-state index contributed by atoms with van der Waals surface area (Å²) in [6, 6.07) is 0.496. The molecular weight excluding hydrogens is 228 g/mol. The number of hydrogen-bond acceptors (Lipinski definition) is 4. The minimum Gasteiger partial charge on any atom is -0.378 e. The second-order valence-electron chi connectivity index (χ2n) is 4.85. The zero-order valence-corrected chi connectivity index (χ0v) is 11.4. The number of likely N-dealkylation sites (N-methyl/N-ethyl adjacent to an activating group) is 1. The first-order valence-corrected chi connectivity index (χ1v) is 6.81. The molecule has 2 heterocycles. The number of nitrogens with zero attached hydrogens (tertiary/aromatic N) is 3. The molecule has 1 atom stereocenters. The molecule has 1 aromatic heterocycles. The summed E-state index contributed by atoms with van der Waals surface area (Å²) < 4.78 is 7.58. The highest BCUT2D eigenvalue weighted by Gasteiger charge is 2.22. The van der Waals surface area contributed by atoms with E-state index in [0.717, 1.165) is 45.9 Å². The smallest absolute Gasteiger partial charge is 0.0634 e. The van der Waals surface area contributed by atoms with Crippen LogP contribution in [-0.2, 0) is 11.3 Å². The van der Waals surface area contributed by atoms with Crippen molar-refractivity contribution in [2.75, 3.05) is 39.4 Å². The summed E-state index contributed by atoms with van der Waals surface area (Å²) in [7, 11) is 0. The third kappa shape index (κ3) is 3.80. The maximum atomic E-state index is 5.56. The highest BCUT2D eigenvalue weighted by molar-refractivity contribution is 4.99. The van der Waals surface area contributed by atoms with Crippen LogP contribution in [0.2, 0.25) is 0 Å². The summed E-state index contributed by atoms with van der Waals surface area (Å²) in [6.45, 7) is 10.9. The van der Waals surface area contributed by atoms with Gasteiger partial charge in [0.15, 0.2) is 0 Å². The molecule has 0 spiro atoms. The zero-order chi connectivity index (χ0) is 12.8. The van der Waals surface area contributed by atoms with Gasteiger partial charge in [0.1, 0.15) is 0 Å². The lowest BCUT2D eigenvalue weighted by atomic mass is 10.2. The number of rotatable bonds is 6. The Morgan fingerprint density at radius 2 is 2.39 bits per heavy atom. The van der Waals surface area contributed by atoms with Crippen LogP contribution in [0.1, 0.15) is 12.5 Å². The monoisotopic (exact) mass is 252 g/mol. The first kappa shape index (κ1) is 13.5. The van der Waals surface area contributed by atoms with Crippen LogP contribution in [-0.4, -0.2) is 60.1 Å². The Labute approximate surface area is 109 Å². The maximum absolute atomic E-state index is 5.56. The largest absolute Gasteiger partial charge is 0.378 e. The molecule has 0 radical (unpaired) electrons. The summed E-state index contributed by atoms with van der Waals surface area (Å²) >= 11 is 0. The normalized spacial score (nSPS) is 21.3. The van der Waals surface area contributed by atoms with E-state index in [4.69, 9.17) is 4.74 Å². The van der Waals surface area contributed by atoms with Gasteiger partial charge in [-0.05, 0) is 19.0 Å². The molecule has 1 saturated heterocycles. The van der Waals surface area contributed by atoms with Gasteiger partial charge in [-0.15, -0.1) is 0 Å². The van der Waals surface area contributed by atoms with Crippen molar-refractivity contribution in [1.29, 1.82) is 0 Å². The second kappa shape index (κ2) is 6.87. The second-order valence-corrected chi connectivity index (χ2v) is 4.85. The van der Waals surface area contributed by atoms with E-state index in [1.165, 1.54) is 5.56 Å². The Morgan fingerprint density at radius 3 is 3.11 bits per heavy atom. The lowest BCUT2D eigenvalue weighted by molar-refractivity contribution is -0.00834. The molecule has 0 bridgehead atoms. The van der Waals surface area contributed by atoms with Crippen LogP contribution in [0.3, 0.4) is 0 Å². The highest BCUT2D eigenvalue weighted by atomic mass is 16.5. The Morgan fingerprint density at radius 1 is 1.50 bits per heavy atom. The Balaban J connectivity index is 1.81. The van der Waals surface area contributed by atoms with E-state index in [1.807, 2.05) is 10.9 Å². The van der Waals surface area contributed by atoms with Crippen LogP contribution in [0.4, 0.5) is 0 Å². The average Bonchev–Trinajstić information content (AvgIpc) is 2.81. The third-order valence-electron chi connectivity index (χ3n) is 3.36. The van der Waals surface area contributed by atoms with E-state index in [0.29, 0.717) is 6.04 Å². The van der Waals surface area contributed by atoms with E-state index in [2.05, 4.69) is 35.4 Å². The van der Waals surface area contributed by atoms with Gasteiger partial charge in [-0.25, -0.2) is 0 Å². The van der Waals surface area contributed by atoms with E-state index in [1.54, 1.807) is 0 Å². The van der Waals surface area contributed by atoms with Gasteiger partial charge in [0.05, 0.1) is 26.0 Å². The van der Waals surface area contributed by atoms with Crippen molar-refractivity contribution in [1.82, 2.24) is 20.0 Å². The van der Waals surface area contributed by atoms with E-state index in [9.17, 15) is 0 Å². The lowest BCUT2D eigenvalue weighted by Crippen LogP contribution is -2.51. The highest BCUT2D eigenvalue weighted by Crippen LogP contribution is 2.06. The predicted molar refractivity (Wildman–Crippen MR) is 71.7 cm³/mol.